The molecule has 0 saturated heterocycles. The third kappa shape index (κ3) is 3.24. The van der Waals surface area contributed by atoms with Crippen LogP contribution in [0.5, 0.6) is 0 Å². The topological polar surface area (TPSA) is 58.2 Å². The Balaban J connectivity index is 2.41. The quantitative estimate of drug-likeness (QED) is 0.847. The van der Waals surface area contributed by atoms with Gasteiger partial charge in [-0.25, -0.2) is 13.1 Å². The van der Waals surface area contributed by atoms with Gasteiger partial charge in [-0.3, -0.25) is 0 Å². The number of hydrogen-bond donors (Lipinski definition) is 2. The molecule has 0 bridgehead atoms. The number of rotatable bonds is 6. The largest absolute Gasteiger partial charge is 0.385 e. The van der Waals surface area contributed by atoms with Crippen molar-refractivity contribution in [2.45, 2.75) is 63.3 Å². The molecule has 1 aliphatic heterocycles. The molecular formula is C16H26N2O2S. The van der Waals surface area contributed by atoms with Gasteiger partial charge in [-0.1, -0.05) is 26.8 Å². The van der Waals surface area contributed by atoms with E-state index in [9.17, 15) is 8.42 Å². The number of benzene rings is 1. The minimum Gasteiger partial charge on any atom is -0.385 e. The highest BCUT2D eigenvalue weighted by Crippen LogP contribution is 2.30. The zero-order valence-corrected chi connectivity index (χ0v) is 14.0. The molecule has 0 aliphatic carbocycles. The first-order chi connectivity index (χ1) is 9.98. The van der Waals surface area contributed by atoms with Crippen molar-refractivity contribution >= 4 is 15.7 Å². The van der Waals surface area contributed by atoms with E-state index < -0.39 is 10.0 Å². The van der Waals surface area contributed by atoms with Crippen molar-refractivity contribution in [1.82, 2.24) is 4.72 Å². The smallest absolute Gasteiger partial charge is 0.241 e. The maximum atomic E-state index is 12.9. The lowest BCUT2D eigenvalue weighted by Crippen LogP contribution is -2.47. The van der Waals surface area contributed by atoms with Gasteiger partial charge in [0, 0.05) is 17.8 Å². The Labute approximate surface area is 128 Å². The summed E-state index contributed by atoms with van der Waals surface area (Å²) in [6.45, 7) is 7.03. The van der Waals surface area contributed by atoms with Crippen LogP contribution in [0.2, 0.25) is 0 Å². The molecule has 5 heteroatoms. The Kier molecular flexibility index (Phi) is 4.94. The van der Waals surface area contributed by atoms with Crippen LogP contribution in [0.25, 0.3) is 0 Å². The van der Waals surface area contributed by atoms with Gasteiger partial charge >= 0.3 is 0 Å². The molecule has 4 nitrogen and oxygen atoms in total. The van der Waals surface area contributed by atoms with Crippen LogP contribution < -0.4 is 10.0 Å². The van der Waals surface area contributed by atoms with E-state index in [1.807, 2.05) is 32.9 Å². The lowest BCUT2D eigenvalue weighted by atomic mass is 9.91. The molecule has 0 radical (unpaired) electrons. The molecule has 0 fully saturated rings. The Hall–Kier alpha value is -1.07. The zero-order chi connectivity index (χ0) is 15.5. The summed E-state index contributed by atoms with van der Waals surface area (Å²) in [5, 5.41) is 3.29. The molecule has 1 aliphatic rings. The molecule has 0 atom stereocenters. The summed E-state index contributed by atoms with van der Waals surface area (Å²) in [4.78, 5) is 0.437. The Bertz CT molecular complexity index is 584. The second-order valence-corrected chi connectivity index (χ2v) is 7.41. The van der Waals surface area contributed by atoms with Crippen molar-refractivity contribution in [2.75, 3.05) is 11.9 Å². The van der Waals surface area contributed by atoms with Crippen LogP contribution in [-0.2, 0) is 16.4 Å². The van der Waals surface area contributed by atoms with Gasteiger partial charge in [-0.05, 0) is 49.8 Å². The van der Waals surface area contributed by atoms with Gasteiger partial charge in [0.25, 0.3) is 0 Å². The number of fused-ring (bicyclic) bond motifs is 1. The molecule has 118 valence electrons. The van der Waals surface area contributed by atoms with Crippen LogP contribution in [0, 0.1) is 0 Å². The molecule has 0 spiro atoms. The first-order valence-electron chi connectivity index (χ1n) is 7.87. The molecule has 0 aromatic heterocycles. The molecule has 2 N–H and O–H groups in total. The maximum Gasteiger partial charge on any atom is 0.241 e. The van der Waals surface area contributed by atoms with Crippen LogP contribution in [0.1, 0.15) is 52.0 Å². The summed E-state index contributed by atoms with van der Waals surface area (Å²) < 4.78 is 28.7. The fraction of sp³-hybridized carbons (Fsp3) is 0.625. The highest BCUT2D eigenvalue weighted by Gasteiger charge is 2.32. The van der Waals surface area contributed by atoms with Gasteiger partial charge in [0.1, 0.15) is 0 Å². The fourth-order valence-electron chi connectivity index (χ4n) is 3.04. The van der Waals surface area contributed by atoms with Crippen LogP contribution >= 0.6 is 0 Å². The summed E-state index contributed by atoms with van der Waals surface area (Å²) in [5.74, 6) is 0. The van der Waals surface area contributed by atoms with Crippen molar-refractivity contribution in [2.24, 2.45) is 0 Å². The minimum atomic E-state index is -3.49. The molecule has 0 saturated carbocycles. The summed E-state index contributed by atoms with van der Waals surface area (Å²) in [5.41, 5.74) is 1.54. The number of anilines is 1. The van der Waals surface area contributed by atoms with Gasteiger partial charge in [-0.15, -0.1) is 0 Å². The molecule has 0 amide bonds. The summed E-state index contributed by atoms with van der Waals surface area (Å²) in [6.07, 6.45) is 4.18. The van der Waals surface area contributed by atoms with Gasteiger partial charge in [0.2, 0.25) is 10.0 Å². The normalized spacial score (nSPS) is 15.4. The van der Waals surface area contributed by atoms with Crippen LogP contribution in [-0.4, -0.2) is 20.5 Å². The second-order valence-electron chi connectivity index (χ2n) is 5.76. The summed E-state index contributed by atoms with van der Waals surface area (Å²) in [7, 11) is -3.49. The van der Waals surface area contributed by atoms with Crippen LogP contribution in [0.4, 0.5) is 5.69 Å². The predicted octanol–water partition coefficient (Wildman–Crippen LogP) is 3.29. The highest BCUT2D eigenvalue weighted by atomic mass is 32.2. The molecule has 0 unspecified atom stereocenters. The van der Waals surface area contributed by atoms with Crippen molar-refractivity contribution in [3.05, 3.63) is 23.8 Å². The lowest BCUT2D eigenvalue weighted by Gasteiger charge is -2.32. The molecule has 1 aromatic rings. The standard InChI is InChI=1S/C16H26N2O2S/c1-4-16(5-2,6-3)18-21(19,20)15-11-7-10-14-13(15)9-8-12-17-14/h7,10-11,17-18H,4-6,8-9,12H2,1-3H3. The van der Waals surface area contributed by atoms with Gasteiger partial charge < -0.3 is 5.32 Å². The Morgan fingerprint density at radius 2 is 1.86 bits per heavy atom. The van der Waals surface area contributed by atoms with Crippen LogP contribution in [0.3, 0.4) is 0 Å². The highest BCUT2D eigenvalue weighted by molar-refractivity contribution is 7.89. The zero-order valence-electron chi connectivity index (χ0n) is 13.2. The minimum absolute atomic E-state index is 0.344. The third-order valence-electron chi connectivity index (χ3n) is 4.72. The monoisotopic (exact) mass is 310 g/mol. The van der Waals surface area contributed by atoms with Gasteiger partial charge in [0.05, 0.1) is 4.90 Å². The van der Waals surface area contributed by atoms with E-state index in [-0.39, 0.29) is 5.54 Å². The van der Waals surface area contributed by atoms with E-state index in [0.29, 0.717) is 4.90 Å². The van der Waals surface area contributed by atoms with E-state index >= 15 is 0 Å². The maximum absolute atomic E-state index is 12.9. The second kappa shape index (κ2) is 6.36. The molecule has 2 rings (SSSR count). The van der Waals surface area contributed by atoms with E-state index in [4.69, 9.17) is 0 Å². The van der Waals surface area contributed by atoms with Crippen molar-refractivity contribution < 1.29 is 8.42 Å². The van der Waals surface area contributed by atoms with Crippen molar-refractivity contribution in [3.63, 3.8) is 0 Å². The average molecular weight is 310 g/mol. The first kappa shape index (κ1) is 16.3. The molecule has 21 heavy (non-hydrogen) atoms. The molecule has 1 heterocycles. The summed E-state index contributed by atoms with van der Waals surface area (Å²) in [6, 6.07) is 5.50. The fourth-order valence-corrected chi connectivity index (χ4v) is 4.94. The predicted molar refractivity (Wildman–Crippen MR) is 87.2 cm³/mol. The average Bonchev–Trinajstić information content (AvgIpc) is 2.52. The summed E-state index contributed by atoms with van der Waals surface area (Å²) >= 11 is 0. The van der Waals surface area contributed by atoms with E-state index in [2.05, 4.69) is 10.0 Å². The van der Waals surface area contributed by atoms with Gasteiger partial charge in [-0.2, -0.15) is 0 Å². The SMILES string of the molecule is CCC(CC)(CC)NS(=O)(=O)c1cccc2c1CCCN2. The number of nitrogens with one attached hydrogen (secondary N) is 2. The lowest BCUT2D eigenvalue weighted by molar-refractivity contribution is 0.341. The van der Waals surface area contributed by atoms with Crippen molar-refractivity contribution in [3.8, 4) is 0 Å². The molecule has 1 aromatic carbocycles. The number of sulfonamides is 1. The molecular weight excluding hydrogens is 284 g/mol. The van der Waals surface area contributed by atoms with Crippen molar-refractivity contribution in [1.29, 1.82) is 0 Å². The Morgan fingerprint density at radius 1 is 1.19 bits per heavy atom. The third-order valence-corrected chi connectivity index (χ3v) is 6.39. The van der Waals surface area contributed by atoms with E-state index in [0.717, 1.165) is 49.9 Å². The van der Waals surface area contributed by atoms with Gasteiger partial charge in [0.15, 0.2) is 0 Å². The van der Waals surface area contributed by atoms with Crippen LogP contribution in [0.15, 0.2) is 23.1 Å². The van der Waals surface area contributed by atoms with E-state index in [1.165, 1.54) is 0 Å². The number of hydrogen-bond acceptors (Lipinski definition) is 3. The first-order valence-corrected chi connectivity index (χ1v) is 9.36. The Morgan fingerprint density at radius 3 is 2.48 bits per heavy atom. The van der Waals surface area contributed by atoms with E-state index in [1.54, 1.807) is 6.07 Å².